The Kier molecular flexibility index (Phi) is 6.07. The van der Waals surface area contributed by atoms with Crippen LogP contribution >= 0.6 is 0 Å². The van der Waals surface area contributed by atoms with Crippen molar-refractivity contribution in [3.8, 4) is 0 Å². The zero-order valence-corrected chi connectivity index (χ0v) is 11.1. The number of hydrogen-bond donors (Lipinski definition) is 1. The molecule has 1 amide bonds. The van der Waals surface area contributed by atoms with Gasteiger partial charge in [0.2, 0.25) is 5.91 Å². The van der Waals surface area contributed by atoms with Crippen LogP contribution in [0.5, 0.6) is 0 Å². The number of carbonyl (C=O) groups excluding carboxylic acids is 1. The van der Waals surface area contributed by atoms with E-state index in [4.69, 9.17) is 9.84 Å². The van der Waals surface area contributed by atoms with Crippen LogP contribution in [0.4, 0.5) is 0 Å². The molecule has 104 valence electrons. The predicted molar refractivity (Wildman–Crippen MR) is 66.4 cm³/mol. The molecule has 1 fully saturated rings. The van der Waals surface area contributed by atoms with Crippen LogP contribution < -0.4 is 0 Å². The second-order valence-electron chi connectivity index (χ2n) is 4.48. The molecule has 1 unspecified atom stereocenters. The summed E-state index contributed by atoms with van der Waals surface area (Å²) in [6, 6.07) is -0.390. The molecule has 1 atom stereocenters. The van der Waals surface area contributed by atoms with Crippen LogP contribution in [0.1, 0.15) is 20.3 Å². The number of ether oxygens (including phenoxy) is 1. The van der Waals surface area contributed by atoms with E-state index in [1.807, 2.05) is 6.92 Å². The van der Waals surface area contributed by atoms with E-state index in [2.05, 4.69) is 0 Å². The molecule has 1 heterocycles. The van der Waals surface area contributed by atoms with Gasteiger partial charge < -0.3 is 14.7 Å². The first-order valence-electron chi connectivity index (χ1n) is 6.38. The Hall–Kier alpha value is -1.14. The van der Waals surface area contributed by atoms with Gasteiger partial charge in [0.25, 0.3) is 0 Å². The molecule has 0 aliphatic carbocycles. The zero-order valence-electron chi connectivity index (χ0n) is 11.1. The van der Waals surface area contributed by atoms with Crippen molar-refractivity contribution in [3.05, 3.63) is 0 Å². The summed E-state index contributed by atoms with van der Waals surface area (Å²) in [5.41, 5.74) is 0. The molecule has 1 N–H and O–H groups in total. The fourth-order valence-corrected chi connectivity index (χ4v) is 2.07. The number of hydrogen-bond acceptors (Lipinski definition) is 4. The van der Waals surface area contributed by atoms with Gasteiger partial charge in [-0.3, -0.25) is 14.5 Å². The van der Waals surface area contributed by atoms with Gasteiger partial charge in [-0.15, -0.1) is 0 Å². The quantitative estimate of drug-likeness (QED) is 0.728. The predicted octanol–water partition coefficient (Wildman–Crippen LogP) is 0.0303. The molecule has 6 heteroatoms. The molecule has 18 heavy (non-hydrogen) atoms. The molecule has 1 saturated heterocycles. The lowest BCUT2D eigenvalue weighted by molar-refractivity contribution is -0.144. The van der Waals surface area contributed by atoms with Crippen molar-refractivity contribution in [1.82, 2.24) is 9.80 Å². The zero-order chi connectivity index (χ0) is 13.5. The maximum absolute atomic E-state index is 12.2. The summed E-state index contributed by atoms with van der Waals surface area (Å²) >= 11 is 0. The second kappa shape index (κ2) is 7.33. The molecule has 0 bridgehead atoms. The summed E-state index contributed by atoms with van der Waals surface area (Å²) in [5.74, 6) is -0.905. The third kappa shape index (κ3) is 4.27. The van der Waals surface area contributed by atoms with Gasteiger partial charge in [0.1, 0.15) is 0 Å². The second-order valence-corrected chi connectivity index (χ2v) is 4.48. The lowest BCUT2D eigenvalue weighted by atomic mass is 10.2. The molecule has 0 aromatic carbocycles. The van der Waals surface area contributed by atoms with Crippen molar-refractivity contribution >= 4 is 11.9 Å². The van der Waals surface area contributed by atoms with E-state index < -0.39 is 5.97 Å². The highest BCUT2D eigenvalue weighted by atomic mass is 16.5. The normalized spacial score (nSPS) is 17.8. The summed E-state index contributed by atoms with van der Waals surface area (Å²) < 4.78 is 5.20. The minimum Gasteiger partial charge on any atom is -0.480 e. The molecule has 1 rings (SSSR count). The Morgan fingerprint density at radius 3 is 2.50 bits per heavy atom. The van der Waals surface area contributed by atoms with Gasteiger partial charge in [-0.2, -0.15) is 0 Å². The monoisotopic (exact) mass is 258 g/mol. The Labute approximate surface area is 107 Å². The topological polar surface area (TPSA) is 70.1 Å². The summed E-state index contributed by atoms with van der Waals surface area (Å²) in [6.07, 6.45) is 0.827. The molecular weight excluding hydrogens is 236 g/mol. The van der Waals surface area contributed by atoms with Crippen LogP contribution in [0, 0.1) is 0 Å². The van der Waals surface area contributed by atoms with E-state index in [1.165, 1.54) is 0 Å². The van der Waals surface area contributed by atoms with Crippen molar-refractivity contribution in [2.75, 3.05) is 39.4 Å². The lowest BCUT2D eigenvalue weighted by Gasteiger charge is -2.33. The minimum atomic E-state index is -0.898. The largest absolute Gasteiger partial charge is 0.480 e. The first kappa shape index (κ1) is 14.9. The number of carboxylic acids is 1. The van der Waals surface area contributed by atoms with Crippen molar-refractivity contribution in [2.45, 2.75) is 26.3 Å². The van der Waals surface area contributed by atoms with E-state index in [-0.39, 0.29) is 18.5 Å². The SMILES string of the molecule is CCCN(CC(=O)O)C(C)C(=O)N1CCOCC1. The Morgan fingerprint density at radius 2 is 2.00 bits per heavy atom. The maximum atomic E-state index is 12.2. The third-order valence-electron chi connectivity index (χ3n) is 3.08. The molecular formula is C12H22N2O4. The number of morpholine rings is 1. The van der Waals surface area contributed by atoms with Crippen molar-refractivity contribution in [1.29, 1.82) is 0 Å². The number of carbonyl (C=O) groups is 2. The van der Waals surface area contributed by atoms with Gasteiger partial charge in [0.15, 0.2) is 0 Å². The van der Waals surface area contributed by atoms with E-state index >= 15 is 0 Å². The number of carboxylic acid groups (broad SMARTS) is 1. The van der Waals surface area contributed by atoms with E-state index in [0.717, 1.165) is 6.42 Å². The van der Waals surface area contributed by atoms with Gasteiger partial charge in [0, 0.05) is 13.1 Å². The van der Waals surface area contributed by atoms with Crippen molar-refractivity contribution in [3.63, 3.8) is 0 Å². The molecule has 0 spiro atoms. The minimum absolute atomic E-state index is 0.00648. The molecule has 1 aliphatic heterocycles. The van der Waals surface area contributed by atoms with Gasteiger partial charge in [-0.1, -0.05) is 6.92 Å². The molecule has 0 aromatic heterocycles. The fourth-order valence-electron chi connectivity index (χ4n) is 2.07. The Morgan fingerprint density at radius 1 is 1.39 bits per heavy atom. The number of amides is 1. The van der Waals surface area contributed by atoms with Crippen LogP contribution in [0.2, 0.25) is 0 Å². The Balaban J connectivity index is 2.59. The maximum Gasteiger partial charge on any atom is 0.317 e. The van der Waals surface area contributed by atoms with Gasteiger partial charge in [-0.25, -0.2) is 0 Å². The summed E-state index contributed by atoms with van der Waals surface area (Å²) in [6.45, 7) is 6.58. The van der Waals surface area contributed by atoms with Crippen LogP contribution in [0.15, 0.2) is 0 Å². The fraction of sp³-hybridized carbons (Fsp3) is 0.833. The highest BCUT2D eigenvalue weighted by Crippen LogP contribution is 2.07. The summed E-state index contributed by atoms with van der Waals surface area (Å²) in [4.78, 5) is 26.5. The highest BCUT2D eigenvalue weighted by Gasteiger charge is 2.27. The average molecular weight is 258 g/mol. The third-order valence-corrected chi connectivity index (χ3v) is 3.08. The number of aliphatic carboxylic acids is 1. The van der Waals surface area contributed by atoms with Crippen LogP contribution in [-0.4, -0.2) is 72.2 Å². The molecule has 0 saturated carbocycles. The average Bonchev–Trinajstić information content (AvgIpc) is 2.37. The smallest absolute Gasteiger partial charge is 0.317 e. The van der Waals surface area contributed by atoms with Gasteiger partial charge in [0.05, 0.1) is 25.8 Å². The van der Waals surface area contributed by atoms with E-state index in [1.54, 1.807) is 16.7 Å². The molecule has 1 aliphatic rings. The van der Waals surface area contributed by atoms with Crippen molar-refractivity contribution in [2.24, 2.45) is 0 Å². The summed E-state index contributed by atoms with van der Waals surface area (Å²) in [7, 11) is 0. The summed E-state index contributed by atoms with van der Waals surface area (Å²) in [5, 5.41) is 8.86. The van der Waals surface area contributed by atoms with Crippen LogP contribution in [-0.2, 0) is 14.3 Å². The first-order chi connectivity index (χ1) is 8.56. The van der Waals surface area contributed by atoms with Gasteiger partial charge >= 0.3 is 5.97 Å². The number of nitrogens with zero attached hydrogens (tertiary/aromatic N) is 2. The molecule has 0 radical (unpaired) electrons. The highest BCUT2D eigenvalue weighted by molar-refractivity contribution is 5.82. The van der Waals surface area contributed by atoms with Gasteiger partial charge in [-0.05, 0) is 19.9 Å². The number of rotatable bonds is 6. The van der Waals surface area contributed by atoms with E-state index in [9.17, 15) is 9.59 Å². The van der Waals surface area contributed by atoms with Crippen LogP contribution in [0.3, 0.4) is 0 Å². The molecule has 6 nitrogen and oxygen atoms in total. The molecule has 0 aromatic rings. The first-order valence-corrected chi connectivity index (χ1v) is 6.38. The Bertz CT molecular complexity index is 290. The van der Waals surface area contributed by atoms with E-state index in [0.29, 0.717) is 32.8 Å². The lowest BCUT2D eigenvalue weighted by Crippen LogP contribution is -2.51. The van der Waals surface area contributed by atoms with Crippen LogP contribution in [0.25, 0.3) is 0 Å². The standard InChI is InChI=1S/C12H22N2O4/c1-3-4-14(9-11(15)16)10(2)12(17)13-5-7-18-8-6-13/h10H,3-9H2,1-2H3,(H,15,16). The van der Waals surface area contributed by atoms with Crippen molar-refractivity contribution < 1.29 is 19.4 Å².